The van der Waals surface area contributed by atoms with Gasteiger partial charge in [-0.2, -0.15) is 0 Å². The van der Waals surface area contributed by atoms with Gasteiger partial charge in [0.15, 0.2) is 10.9 Å². The summed E-state index contributed by atoms with van der Waals surface area (Å²) in [4.78, 5) is 32.9. The Labute approximate surface area is 167 Å². The number of fused-ring (bicyclic) bond motifs is 4. The molecule has 0 aliphatic heterocycles. The molecule has 0 unspecified atom stereocenters. The minimum absolute atomic E-state index is 0.0227. The number of H-pyrrole nitrogens is 2. The van der Waals surface area contributed by atoms with Crippen LogP contribution < -0.4 is 10.9 Å². The van der Waals surface area contributed by atoms with Crippen molar-refractivity contribution < 1.29 is 0 Å². The summed E-state index contributed by atoms with van der Waals surface area (Å²) in [6.07, 6.45) is 1.00. The number of aromatic nitrogens is 2. The molecular formula is C25H22N2O2. The van der Waals surface area contributed by atoms with Crippen LogP contribution in [0.5, 0.6) is 0 Å². The van der Waals surface area contributed by atoms with E-state index in [2.05, 4.69) is 36.8 Å². The molecule has 29 heavy (non-hydrogen) atoms. The maximum atomic E-state index is 13.2. The third kappa shape index (κ3) is 2.59. The smallest absolute Gasteiger partial charge is 0.197 e. The second kappa shape index (κ2) is 6.05. The molecule has 0 aliphatic rings. The van der Waals surface area contributed by atoms with Crippen LogP contribution in [0.3, 0.4) is 0 Å². The van der Waals surface area contributed by atoms with Crippen LogP contribution in [0.25, 0.3) is 43.6 Å². The van der Waals surface area contributed by atoms with Gasteiger partial charge >= 0.3 is 0 Å². The lowest BCUT2D eigenvalue weighted by Gasteiger charge is -2.23. The molecule has 0 amide bonds. The SMILES string of the molecule is CCC(C)(C)c1ccc2c(=O)c3cc4[nH]c5ccccc5c(=O)c4cc3[nH]c2c1. The second-order valence-electron chi connectivity index (χ2n) is 8.40. The fourth-order valence-electron chi connectivity index (χ4n) is 4.02. The fourth-order valence-corrected chi connectivity index (χ4v) is 4.02. The number of pyridine rings is 2. The summed E-state index contributed by atoms with van der Waals surface area (Å²) in [5.41, 5.74) is 4.10. The first-order valence-electron chi connectivity index (χ1n) is 9.94. The van der Waals surface area contributed by atoms with Gasteiger partial charge in [-0.25, -0.2) is 0 Å². The van der Waals surface area contributed by atoms with Gasteiger partial charge in [0.25, 0.3) is 0 Å². The van der Waals surface area contributed by atoms with Crippen LogP contribution in [0.1, 0.15) is 32.8 Å². The van der Waals surface area contributed by atoms with Gasteiger partial charge in [-0.1, -0.05) is 39.0 Å². The van der Waals surface area contributed by atoms with Crippen molar-refractivity contribution in [3.8, 4) is 0 Å². The predicted molar refractivity (Wildman–Crippen MR) is 121 cm³/mol. The number of hydrogen-bond acceptors (Lipinski definition) is 2. The normalized spacial score (nSPS) is 12.4. The van der Waals surface area contributed by atoms with Crippen LogP contribution in [-0.2, 0) is 5.41 Å². The molecule has 2 aromatic heterocycles. The quantitative estimate of drug-likeness (QED) is 0.404. The van der Waals surface area contributed by atoms with Crippen molar-refractivity contribution in [3.63, 3.8) is 0 Å². The van der Waals surface area contributed by atoms with Crippen molar-refractivity contribution in [2.24, 2.45) is 0 Å². The van der Waals surface area contributed by atoms with Gasteiger partial charge in [-0.15, -0.1) is 0 Å². The van der Waals surface area contributed by atoms with Gasteiger partial charge in [0.2, 0.25) is 0 Å². The van der Waals surface area contributed by atoms with Gasteiger partial charge in [-0.05, 0) is 53.8 Å². The first-order valence-corrected chi connectivity index (χ1v) is 9.94. The second-order valence-corrected chi connectivity index (χ2v) is 8.40. The number of benzene rings is 3. The van der Waals surface area contributed by atoms with E-state index in [1.807, 2.05) is 36.4 Å². The van der Waals surface area contributed by atoms with Crippen LogP contribution in [0, 0.1) is 0 Å². The van der Waals surface area contributed by atoms with Crippen molar-refractivity contribution >= 4 is 43.6 Å². The van der Waals surface area contributed by atoms with Crippen molar-refractivity contribution in [1.29, 1.82) is 0 Å². The molecule has 0 spiro atoms. The topological polar surface area (TPSA) is 65.7 Å². The Balaban J connectivity index is 1.89. The molecule has 2 N–H and O–H groups in total. The molecule has 3 aromatic carbocycles. The summed E-state index contributed by atoms with van der Waals surface area (Å²) in [5.74, 6) is 0. The highest BCUT2D eigenvalue weighted by Crippen LogP contribution is 2.29. The summed E-state index contributed by atoms with van der Waals surface area (Å²) in [7, 11) is 0. The number of hydrogen-bond donors (Lipinski definition) is 2. The van der Waals surface area contributed by atoms with Gasteiger partial charge in [-0.3, -0.25) is 9.59 Å². The highest BCUT2D eigenvalue weighted by atomic mass is 16.1. The van der Waals surface area contributed by atoms with Crippen LogP contribution in [-0.4, -0.2) is 9.97 Å². The number of para-hydroxylation sites is 1. The molecule has 5 rings (SSSR count). The van der Waals surface area contributed by atoms with E-state index in [4.69, 9.17) is 0 Å². The van der Waals surface area contributed by atoms with Crippen molar-refractivity contribution in [1.82, 2.24) is 9.97 Å². The molecule has 0 atom stereocenters. The Morgan fingerprint density at radius 1 is 0.690 bits per heavy atom. The van der Waals surface area contributed by atoms with Crippen LogP contribution in [0.15, 0.2) is 64.2 Å². The van der Waals surface area contributed by atoms with E-state index >= 15 is 0 Å². The van der Waals surface area contributed by atoms with E-state index < -0.39 is 0 Å². The number of aromatic amines is 2. The first kappa shape index (κ1) is 17.7. The van der Waals surface area contributed by atoms with Gasteiger partial charge in [0.1, 0.15) is 0 Å². The number of rotatable bonds is 2. The Morgan fingerprint density at radius 2 is 1.24 bits per heavy atom. The molecule has 4 nitrogen and oxygen atoms in total. The third-order valence-electron chi connectivity index (χ3n) is 6.29. The van der Waals surface area contributed by atoms with Crippen molar-refractivity contribution in [2.75, 3.05) is 0 Å². The summed E-state index contributed by atoms with van der Waals surface area (Å²) in [6.45, 7) is 6.56. The zero-order valence-corrected chi connectivity index (χ0v) is 16.7. The minimum atomic E-state index is -0.0296. The van der Waals surface area contributed by atoms with Crippen molar-refractivity contribution in [2.45, 2.75) is 32.6 Å². The Bertz CT molecular complexity index is 1550. The molecule has 0 radical (unpaired) electrons. The predicted octanol–water partition coefficient (Wildman–Crippen LogP) is 5.36. The summed E-state index contributed by atoms with van der Waals surface area (Å²) >= 11 is 0. The number of nitrogens with one attached hydrogen (secondary N) is 2. The zero-order chi connectivity index (χ0) is 20.3. The van der Waals surface area contributed by atoms with E-state index in [9.17, 15) is 9.59 Å². The lowest BCUT2D eigenvalue weighted by atomic mass is 9.82. The van der Waals surface area contributed by atoms with E-state index in [0.29, 0.717) is 32.6 Å². The fraction of sp³-hybridized carbons (Fsp3) is 0.200. The molecule has 0 aliphatic carbocycles. The molecule has 0 fully saturated rings. The maximum absolute atomic E-state index is 13.2. The van der Waals surface area contributed by atoms with E-state index in [1.165, 1.54) is 5.56 Å². The van der Waals surface area contributed by atoms with Crippen molar-refractivity contribution in [3.05, 3.63) is 80.6 Å². The Kier molecular flexibility index (Phi) is 3.69. The third-order valence-corrected chi connectivity index (χ3v) is 6.29. The molecule has 4 heteroatoms. The van der Waals surface area contributed by atoms with Gasteiger partial charge < -0.3 is 9.97 Å². The van der Waals surface area contributed by atoms with Gasteiger partial charge in [0, 0.05) is 27.1 Å². The molecule has 2 heterocycles. The maximum Gasteiger partial charge on any atom is 0.197 e. The summed E-state index contributed by atoms with van der Waals surface area (Å²) < 4.78 is 0. The van der Waals surface area contributed by atoms with E-state index in [1.54, 1.807) is 12.1 Å². The summed E-state index contributed by atoms with van der Waals surface area (Å²) in [6, 6.07) is 17.1. The lowest BCUT2D eigenvalue weighted by Crippen LogP contribution is -2.16. The zero-order valence-electron chi connectivity index (χ0n) is 16.7. The molecule has 144 valence electrons. The average molecular weight is 382 g/mol. The molecule has 0 saturated heterocycles. The highest BCUT2D eigenvalue weighted by Gasteiger charge is 2.19. The first-order chi connectivity index (χ1) is 13.9. The minimum Gasteiger partial charge on any atom is -0.354 e. The van der Waals surface area contributed by atoms with Crippen LogP contribution in [0.4, 0.5) is 0 Å². The van der Waals surface area contributed by atoms with E-state index in [-0.39, 0.29) is 16.3 Å². The molecule has 5 aromatic rings. The monoisotopic (exact) mass is 382 g/mol. The Morgan fingerprint density at radius 3 is 1.90 bits per heavy atom. The van der Waals surface area contributed by atoms with Gasteiger partial charge in [0.05, 0.1) is 16.6 Å². The lowest BCUT2D eigenvalue weighted by molar-refractivity contribution is 0.507. The van der Waals surface area contributed by atoms with E-state index in [0.717, 1.165) is 17.5 Å². The van der Waals surface area contributed by atoms with Crippen LogP contribution >= 0.6 is 0 Å². The molecule has 0 bridgehead atoms. The standard InChI is InChI=1S/C25H22N2O2/c1-4-25(2,3)14-9-10-16-20(11-14)27-22-13-17-21(12-18(22)24(16)29)26-19-8-6-5-7-15(19)23(17)28/h5-13H,4H2,1-3H3,(H,26,28)(H,27,29). The van der Waals surface area contributed by atoms with Crippen LogP contribution in [0.2, 0.25) is 0 Å². The highest BCUT2D eigenvalue weighted by molar-refractivity contribution is 6.02. The molecular weight excluding hydrogens is 360 g/mol. The average Bonchev–Trinajstić information content (AvgIpc) is 2.73. The summed E-state index contributed by atoms with van der Waals surface area (Å²) in [5, 5.41) is 2.47. The largest absolute Gasteiger partial charge is 0.354 e. The Hall–Kier alpha value is -3.40. The molecule has 0 saturated carbocycles.